The van der Waals surface area contributed by atoms with Gasteiger partial charge in [0.25, 0.3) is 0 Å². The summed E-state index contributed by atoms with van der Waals surface area (Å²) in [5.74, 6) is 1.78. The molecular formula is C15H13N3O2. The number of fused-ring (bicyclic) bond motifs is 1. The third-order valence-electron chi connectivity index (χ3n) is 2.97. The second-order valence-electron chi connectivity index (χ2n) is 4.37. The Morgan fingerprint density at radius 3 is 2.90 bits per heavy atom. The summed E-state index contributed by atoms with van der Waals surface area (Å²) < 4.78 is 10.9. The lowest BCUT2D eigenvalue weighted by atomic mass is 10.3. The molecule has 0 radical (unpaired) electrons. The summed E-state index contributed by atoms with van der Waals surface area (Å²) in [4.78, 5) is 4.39. The monoisotopic (exact) mass is 267 g/mol. The van der Waals surface area contributed by atoms with E-state index in [9.17, 15) is 0 Å². The number of oxazole rings is 1. The van der Waals surface area contributed by atoms with Crippen molar-refractivity contribution in [1.82, 2.24) is 4.98 Å². The van der Waals surface area contributed by atoms with Gasteiger partial charge in [-0.05, 0) is 30.3 Å². The van der Waals surface area contributed by atoms with Crippen LogP contribution in [0.3, 0.4) is 0 Å². The molecule has 1 N–H and O–H groups in total. The quantitative estimate of drug-likeness (QED) is 0.783. The van der Waals surface area contributed by atoms with Crippen molar-refractivity contribution in [2.45, 2.75) is 19.9 Å². The molecule has 0 bridgehead atoms. The molecule has 0 atom stereocenters. The van der Waals surface area contributed by atoms with E-state index in [-0.39, 0.29) is 0 Å². The molecule has 0 amide bonds. The third kappa shape index (κ3) is 2.36. The predicted octanol–water partition coefficient (Wildman–Crippen LogP) is 3.47. The molecule has 3 rings (SSSR count). The summed E-state index contributed by atoms with van der Waals surface area (Å²) in [7, 11) is 0. The lowest BCUT2D eigenvalue weighted by Gasteiger charge is -2.03. The molecule has 2 aromatic heterocycles. The van der Waals surface area contributed by atoms with Gasteiger partial charge in [0.05, 0.1) is 6.54 Å². The predicted molar refractivity (Wildman–Crippen MR) is 74.1 cm³/mol. The zero-order valence-corrected chi connectivity index (χ0v) is 11.0. The Balaban J connectivity index is 1.75. The van der Waals surface area contributed by atoms with Gasteiger partial charge in [-0.3, -0.25) is 0 Å². The summed E-state index contributed by atoms with van der Waals surface area (Å²) in [5, 5.41) is 11.9. The molecule has 100 valence electrons. The summed E-state index contributed by atoms with van der Waals surface area (Å²) in [6, 6.07) is 11.2. The average Bonchev–Trinajstić information content (AvgIpc) is 3.10. The highest BCUT2D eigenvalue weighted by Crippen LogP contribution is 2.21. The number of aromatic nitrogens is 1. The van der Waals surface area contributed by atoms with Crippen molar-refractivity contribution in [3.05, 3.63) is 47.7 Å². The lowest BCUT2D eigenvalue weighted by Crippen LogP contribution is -1.97. The number of aryl methyl sites for hydroxylation is 1. The molecule has 5 nitrogen and oxygen atoms in total. The molecule has 0 aliphatic carbocycles. The third-order valence-corrected chi connectivity index (χ3v) is 2.97. The number of nitrogens with one attached hydrogen (secondary N) is 1. The topological polar surface area (TPSA) is 75.0 Å². The van der Waals surface area contributed by atoms with Crippen LogP contribution in [0.5, 0.6) is 0 Å². The van der Waals surface area contributed by atoms with Gasteiger partial charge < -0.3 is 14.2 Å². The first-order chi connectivity index (χ1) is 9.78. The van der Waals surface area contributed by atoms with Crippen LogP contribution in [0.1, 0.15) is 24.3 Å². The maximum atomic E-state index is 8.70. The number of nitriles is 1. The van der Waals surface area contributed by atoms with E-state index in [0.29, 0.717) is 12.3 Å². The molecule has 0 fully saturated rings. The fourth-order valence-electron chi connectivity index (χ4n) is 1.96. The molecule has 0 aliphatic rings. The SMILES string of the molecule is CCc1nc2cc(NCc3ccc(C#N)o3)ccc2o1. The van der Waals surface area contributed by atoms with E-state index in [2.05, 4.69) is 10.3 Å². The van der Waals surface area contributed by atoms with E-state index in [1.807, 2.05) is 31.2 Å². The van der Waals surface area contributed by atoms with Crippen LogP contribution in [0.2, 0.25) is 0 Å². The molecule has 0 saturated carbocycles. The summed E-state index contributed by atoms with van der Waals surface area (Å²) in [6.07, 6.45) is 0.779. The number of furan rings is 1. The molecule has 0 saturated heterocycles. The second kappa shape index (κ2) is 5.10. The Hall–Kier alpha value is -2.74. The number of benzene rings is 1. The number of rotatable bonds is 4. The van der Waals surface area contributed by atoms with Crippen LogP contribution in [0.4, 0.5) is 5.69 Å². The second-order valence-corrected chi connectivity index (χ2v) is 4.37. The van der Waals surface area contributed by atoms with Crippen LogP contribution in [-0.2, 0) is 13.0 Å². The van der Waals surface area contributed by atoms with Gasteiger partial charge in [-0.2, -0.15) is 5.26 Å². The van der Waals surface area contributed by atoms with Crippen LogP contribution in [0, 0.1) is 11.3 Å². The lowest BCUT2D eigenvalue weighted by molar-refractivity contribution is 0.506. The van der Waals surface area contributed by atoms with Crippen LogP contribution >= 0.6 is 0 Å². The van der Waals surface area contributed by atoms with Crippen LogP contribution in [0.25, 0.3) is 11.1 Å². The normalized spacial score (nSPS) is 10.6. The molecular weight excluding hydrogens is 254 g/mol. The Labute approximate surface area is 115 Å². The molecule has 3 aromatic rings. The van der Waals surface area contributed by atoms with Crippen molar-refractivity contribution in [3.63, 3.8) is 0 Å². The van der Waals surface area contributed by atoms with Gasteiger partial charge >= 0.3 is 0 Å². The smallest absolute Gasteiger partial charge is 0.203 e. The Morgan fingerprint density at radius 1 is 1.25 bits per heavy atom. The van der Waals surface area contributed by atoms with Crippen molar-refractivity contribution in [2.24, 2.45) is 0 Å². The molecule has 0 spiro atoms. The van der Waals surface area contributed by atoms with E-state index >= 15 is 0 Å². The van der Waals surface area contributed by atoms with Crippen molar-refractivity contribution in [2.75, 3.05) is 5.32 Å². The van der Waals surface area contributed by atoms with Gasteiger partial charge in [0.2, 0.25) is 5.76 Å². The van der Waals surface area contributed by atoms with E-state index in [1.165, 1.54) is 0 Å². The van der Waals surface area contributed by atoms with E-state index in [0.717, 1.165) is 34.9 Å². The van der Waals surface area contributed by atoms with Crippen molar-refractivity contribution in [1.29, 1.82) is 5.26 Å². The van der Waals surface area contributed by atoms with Gasteiger partial charge in [0, 0.05) is 12.1 Å². The van der Waals surface area contributed by atoms with Crippen LogP contribution in [0.15, 0.2) is 39.2 Å². The fourth-order valence-corrected chi connectivity index (χ4v) is 1.96. The number of nitrogens with zero attached hydrogens (tertiary/aromatic N) is 2. The summed E-state index contributed by atoms with van der Waals surface area (Å²) >= 11 is 0. The number of hydrogen-bond donors (Lipinski definition) is 1. The maximum Gasteiger partial charge on any atom is 0.203 e. The van der Waals surface area contributed by atoms with Gasteiger partial charge in [-0.15, -0.1) is 0 Å². The van der Waals surface area contributed by atoms with Crippen molar-refractivity contribution < 1.29 is 8.83 Å². The molecule has 0 aliphatic heterocycles. The Kier molecular flexibility index (Phi) is 3.13. The zero-order chi connectivity index (χ0) is 13.9. The van der Waals surface area contributed by atoms with Gasteiger partial charge in [0.1, 0.15) is 17.3 Å². The van der Waals surface area contributed by atoms with E-state index in [4.69, 9.17) is 14.1 Å². The van der Waals surface area contributed by atoms with Gasteiger partial charge in [-0.25, -0.2) is 4.98 Å². The Morgan fingerprint density at radius 2 is 2.15 bits per heavy atom. The molecule has 1 aromatic carbocycles. The zero-order valence-electron chi connectivity index (χ0n) is 11.0. The van der Waals surface area contributed by atoms with Crippen molar-refractivity contribution >= 4 is 16.8 Å². The largest absolute Gasteiger partial charge is 0.449 e. The van der Waals surface area contributed by atoms with Gasteiger partial charge in [0.15, 0.2) is 11.5 Å². The van der Waals surface area contributed by atoms with Gasteiger partial charge in [-0.1, -0.05) is 6.92 Å². The minimum Gasteiger partial charge on any atom is -0.449 e. The standard InChI is InChI=1S/C15H13N3O2/c1-2-15-18-13-7-10(3-6-14(13)20-15)17-9-12-5-4-11(8-16)19-12/h3-7,17H,2,9H2,1H3. The maximum absolute atomic E-state index is 8.70. The molecule has 20 heavy (non-hydrogen) atoms. The number of anilines is 1. The average molecular weight is 267 g/mol. The molecule has 0 unspecified atom stereocenters. The first-order valence-corrected chi connectivity index (χ1v) is 6.40. The van der Waals surface area contributed by atoms with Crippen molar-refractivity contribution in [3.8, 4) is 6.07 Å². The summed E-state index contributed by atoms with van der Waals surface area (Å²) in [6.45, 7) is 2.53. The minimum atomic E-state index is 0.321. The van der Waals surface area contributed by atoms with Crippen LogP contribution < -0.4 is 5.32 Å². The first-order valence-electron chi connectivity index (χ1n) is 6.40. The molecule has 2 heterocycles. The summed E-state index contributed by atoms with van der Waals surface area (Å²) in [5.41, 5.74) is 2.56. The van der Waals surface area contributed by atoms with E-state index < -0.39 is 0 Å². The van der Waals surface area contributed by atoms with Crippen LogP contribution in [-0.4, -0.2) is 4.98 Å². The molecule has 5 heteroatoms. The highest BCUT2D eigenvalue weighted by Gasteiger charge is 2.05. The highest BCUT2D eigenvalue weighted by atomic mass is 16.3. The van der Waals surface area contributed by atoms with E-state index in [1.54, 1.807) is 12.1 Å². The fraction of sp³-hybridized carbons (Fsp3) is 0.200. The Bertz CT molecular complexity index is 780. The highest BCUT2D eigenvalue weighted by molar-refractivity contribution is 5.77. The minimum absolute atomic E-state index is 0.321. The number of hydrogen-bond acceptors (Lipinski definition) is 5. The first kappa shape index (κ1) is 12.3.